The van der Waals surface area contributed by atoms with Crippen molar-refractivity contribution in [2.75, 3.05) is 13.1 Å². The van der Waals surface area contributed by atoms with E-state index in [9.17, 15) is 4.79 Å². The summed E-state index contributed by atoms with van der Waals surface area (Å²) in [5.41, 5.74) is 6.99. The number of fused-ring (bicyclic) bond motifs is 1. The van der Waals surface area contributed by atoms with Crippen LogP contribution >= 0.6 is 0 Å². The van der Waals surface area contributed by atoms with Gasteiger partial charge in [0.15, 0.2) is 0 Å². The third-order valence-electron chi connectivity index (χ3n) is 4.33. The first-order chi connectivity index (χ1) is 9.25. The van der Waals surface area contributed by atoms with Crippen LogP contribution in [-0.2, 0) is 11.3 Å². The molecule has 1 amide bonds. The van der Waals surface area contributed by atoms with E-state index < -0.39 is 0 Å². The number of carbonyl (C=O) groups is 1. The fourth-order valence-electron chi connectivity index (χ4n) is 3.00. The molecular weight excluding hydrogens is 240 g/mol. The summed E-state index contributed by atoms with van der Waals surface area (Å²) >= 11 is 0. The second-order valence-corrected chi connectivity index (χ2v) is 5.51. The van der Waals surface area contributed by atoms with Crippen LogP contribution in [0.1, 0.15) is 18.4 Å². The molecule has 2 fully saturated rings. The number of nitrogens with zero attached hydrogens (tertiary/aromatic N) is 1. The van der Waals surface area contributed by atoms with Crippen molar-refractivity contribution >= 4 is 6.09 Å². The summed E-state index contributed by atoms with van der Waals surface area (Å²) in [7, 11) is 0. The predicted molar refractivity (Wildman–Crippen MR) is 72.4 cm³/mol. The van der Waals surface area contributed by atoms with Gasteiger partial charge in [-0.2, -0.15) is 0 Å². The Morgan fingerprint density at radius 3 is 2.47 bits per heavy atom. The Balaban J connectivity index is 1.48. The largest absolute Gasteiger partial charge is 0.445 e. The SMILES string of the molecule is NC1C2CCN(C(=O)OCc3ccccc3)CC[C@@H]12. The number of ether oxygens (including phenoxy) is 1. The number of likely N-dealkylation sites (tertiary alicyclic amines) is 1. The van der Waals surface area contributed by atoms with Crippen molar-refractivity contribution in [1.29, 1.82) is 0 Å². The number of carbonyl (C=O) groups excluding carboxylic acids is 1. The number of amides is 1. The van der Waals surface area contributed by atoms with Crippen LogP contribution in [0.3, 0.4) is 0 Å². The monoisotopic (exact) mass is 260 g/mol. The Morgan fingerprint density at radius 1 is 1.21 bits per heavy atom. The minimum absolute atomic E-state index is 0.196. The van der Waals surface area contributed by atoms with Crippen LogP contribution < -0.4 is 5.73 Å². The highest BCUT2D eigenvalue weighted by molar-refractivity contribution is 5.67. The summed E-state index contributed by atoms with van der Waals surface area (Å²) in [4.78, 5) is 13.8. The quantitative estimate of drug-likeness (QED) is 0.884. The highest BCUT2D eigenvalue weighted by Crippen LogP contribution is 2.44. The van der Waals surface area contributed by atoms with Gasteiger partial charge in [0.25, 0.3) is 0 Å². The van der Waals surface area contributed by atoms with Crippen LogP contribution in [0.5, 0.6) is 0 Å². The minimum Gasteiger partial charge on any atom is -0.445 e. The second-order valence-electron chi connectivity index (χ2n) is 5.51. The molecule has 4 nitrogen and oxygen atoms in total. The van der Waals surface area contributed by atoms with E-state index in [0.717, 1.165) is 31.5 Å². The first-order valence-corrected chi connectivity index (χ1v) is 6.97. The highest BCUT2D eigenvalue weighted by atomic mass is 16.6. The van der Waals surface area contributed by atoms with Gasteiger partial charge in [0.1, 0.15) is 6.61 Å². The Labute approximate surface area is 113 Å². The molecule has 1 aromatic carbocycles. The zero-order valence-electron chi connectivity index (χ0n) is 11.0. The van der Waals surface area contributed by atoms with Crippen LogP contribution in [0.4, 0.5) is 4.79 Å². The molecule has 3 atom stereocenters. The first-order valence-electron chi connectivity index (χ1n) is 6.97. The molecule has 2 aliphatic rings. The summed E-state index contributed by atoms with van der Waals surface area (Å²) < 4.78 is 5.36. The molecule has 0 aromatic heterocycles. The molecule has 1 aliphatic carbocycles. The van der Waals surface area contributed by atoms with Gasteiger partial charge in [0, 0.05) is 19.1 Å². The lowest BCUT2D eigenvalue weighted by Gasteiger charge is -2.20. The Morgan fingerprint density at radius 2 is 1.84 bits per heavy atom. The number of rotatable bonds is 2. The summed E-state index contributed by atoms with van der Waals surface area (Å²) in [5.74, 6) is 1.26. The normalized spacial score (nSPS) is 29.3. The maximum Gasteiger partial charge on any atom is 0.410 e. The highest BCUT2D eigenvalue weighted by Gasteiger charge is 2.48. The van der Waals surface area contributed by atoms with E-state index in [2.05, 4.69) is 0 Å². The van der Waals surface area contributed by atoms with Gasteiger partial charge in [-0.3, -0.25) is 0 Å². The molecule has 1 saturated carbocycles. The molecule has 1 aromatic rings. The summed E-state index contributed by atoms with van der Waals surface area (Å²) in [6.45, 7) is 1.91. The fraction of sp³-hybridized carbons (Fsp3) is 0.533. The van der Waals surface area contributed by atoms with Crippen molar-refractivity contribution in [3.05, 3.63) is 35.9 Å². The van der Waals surface area contributed by atoms with E-state index in [4.69, 9.17) is 10.5 Å². The molecule has 0 spiro atoms. The van der Waals surface area contributed by atoms with Gasteiger partial charge in [0.2, 0.25) is 0 Å². The third kappa shape index (κ3) is 2.73. The van der Waals surface area contributed by atoms with E-state index in [1.165, 1.54) is 0 Å². The predicted octanol–water partition coefficient (Wildman–Crippen LogP) is 1.99. The molecule has 0 bridgehead atoms. The van der Waals surface area contributed by atoms with E-state index in [-0.39, 0.29) is 6.09 Å². The average Bonchev–Trinajstić information content (AvgIpc) is 3.12. The number of nitrogens with two attached hydrogens (primary N) is 1. The third-order valence-corrected chi connectivity index (χ3v) is 4.33. The fourth-order valence-corrected chi connectivity index (χ4v) is 3.00. The molecule has 1 saturated heterocycles. The molecule has 19 heavy (non-hydrogen) atoms. The van der Waals surface area contributed by atoms with Gasteiger partial charge in [0.05, 0.1) is 0 Å². The maximum atomic E-state index is 12.0. The van der Waals surface area contributed by atoms with Crippen molar-refractivity contribution < 1.29 is 9.53 Å². The van der Waals surface area contributed by atoms with E-state index in [0.29, 0.717) is 24.5 Å². The summed E-state index contributed by atoms with van der Waals surface area (Å²) in [5, 5.41) is 0. The van der Waals surface area contributed by atoms with Crippen LogP contribution in [0.15, 0.2) is 30.3 Å². The Bertz CT molecular complexity index is 435. The average molecular weight is 260 g/mol. The van der Waals surface area contributed by atoms with Crippen molar-refractivity contribution in [3.8, 4) is 0 Å². The van der Waals surface area contributed by atoms with Gasteiger partial charge < -0.3 is 15.4 Å². The van der Waals surface area contributed by atoms with Crippen LogP contribution in [0.25, 0.3) is 0 Å². The van der Waals surface area contributed by atoms with E-state index in [1.807, 2.05) is 35.2 Å². The zero-order chi connectivity index (χ0) is 13.2. The van der Waals surface area contributed by atoms with E-state index >= 15 is 0 Å². The van der Waals surface area contributed by atoms with Crippen LogP contribution in [0.2, 0.25) is 0 Å². The molecule has 2 unspecified atom stereocenters. The number of benzene rings is 1. The molecular formula is C15H20N2O2. The maximum absolute atomic E-state index is 12.0. The van der Waals surface area contributed by atoms with Gasteiger partial charge in [-0.1, -0.05) is 30.3 Å². The van der Waals surface area contributed by atoms with Crippen molar-refractivity contribution in [2.45, 2.75) is 25.5 Å². The Kier molecular flexibility index (Phi) is 3.42. The molecule has 1 aliphatic heterocycles. The smallest absolute Gasteiger partial charge is 0.410 e. The molecule has 0 radical (unpaired) electrons. The van der Waals surface area contributed by atoms with Crippen molar-refractivity contribution in [2.24, 2.45) is 17.6 Å². The molecule has 102 valence electrons. The van der Waals surface area contributed by atoms with Crippen molar-refractivity contribution in [3.63, 3.8) is 0 Å². The zero-order valence-corrected chi connectivity index (χ0v) is 11.0. The lowest BCUT2D eigenvalue weighted by molar-refractivity contribution is 0.0962. The summed E-state index contributed by atoms with van der Waals surface area (Å²) in [6.07, 6.45) is 1.84. The van der Waals surface area contributed by atoms with Gasteiger partial charge >= 0.3 is 6.09 Å². The lowest BCUT2D eigenvalue weighted by atomic mass is 10.2. The standard InChI is InChI=1S/C15H20N2O2/c16-14-12-6-8-17(9-7-13(12)14)15(18)19-10-11-4-2-1-3-5-11/h1-5,12-14H,6-10,16H2/t12-,13?,14?/m1/s1. The molecule has 2 N–H and O–H groups in total. The minimum atomic E-state index is -0.196. The topological polar surface area (TPSA) is 55.6 Å². The van der Waals surface area contributed by atoms with Crippen LogP contribution in [0, 0.1) is 11.8 Å². The van der Waals surface area contributed by atoms with Crippen LogP contribution in [-0.4, -0.2) is 30.1 Å². The lowest BCUT2D eigenvalue weighted by Crippen LogP contribution is -2.33. The van der Waals surface area contributed by atoms with Gasteiger partial charge in [-0.05, 0) is 30.2 Å². The second kappa shape index (κ2) is 5.21. The van der Waals surface area contributed by atoms with Gasteiger partial charge in [-0.15, -0.1) is 0 Å². The number of hydrogen-bond acceptors (Lipinski definition) is 3. The molecule has 4 heteroatoms. The number of hydrogen-bond donors (Lipinski definition) is 1. The van der Waals surface area contributed by atoms with Crippen molar-refractivity contribution in [1.82, 2.24) is 4.90 Å². The summed E-state index contributed by atoms with van der Waals surface area (Å²) in [6, 6.07) is 10.2. The van der Waals surface area contributed by atoms with E-state index in [1.54, 1.807) is 0 Å². The molecule has 3 rings (SSSR count). The Hall–Kier alpha value is -1.55. The van der Waals surface area contributed by atoms with Gasteiger partial charge in [-0.25, -0.2) is 4.79 Å². The molecule has 1 heterocycles. The first kappa shape index (κ1) is 12.5.